The molecule has 1 aromatic carbocycles. The zero-order chi connectivity index (χ0) is 19.9. The maximum atomic E-state index is 13.6. The summed E-state index contributed by atoms with van der Waals surface area (Å²) in [7, 11) is 0. The molecule has 0 spiro atoms. The molecule has 0 aliphatic carbocycles. The molecule has 0 atom stereocenters. The highest BCUT2D eigenvalue weighted by Gasteiger charge is 2.33. The van der Waals surface area contributed by atoms with Crippen LogP contribution in [0.5, 0.6) is 0 Å². The van der Waals surface area contributed by atoms with E-state index in [1.165, 1.54) is 0 Å². The predicted octanol–water partition coefficient (Wildman–Crippen LogP) is 4.40. The number of nitrogens with zero attached hydrogens (tertiary/aromatic N) is 2. The van der Waals surface area contributed by atoms with E-state index in [2.05, 4.69) is 20.6 Å². The van der Waals surface area contributed by atoms with Crippen molar-refractivity contribution >= 4 is 41.3 Å². The number of aromatic nitrogens is 1. The molecule has 28 heavy (non-hydrogen) atoms. The average Bonchev–Trinajstić information content (AvgIpc) is 3.07. The summed E-state index contributed by atoms with van der Waals surface area (Å²) in [6, 6.07) is 3.27. The SMILES string of the molecule is CCNC(=NCCc1nc(C(F)(F)F)cs1)NCCc1cc(F)ccc1F.I. The smallest absolute Gasteiger partial charge is 0.357 e. The van der Waals surface area contributed by atoms with Crippen molar-refractivity contribution in [2.45, 2.75) is 25.9 Å². The first-order valence-corrected chi connectivity index (χ1v) is 9.15. The van der Waals surface area contributed by atoms with Crippen LogP contribution in [0.3, 0.4) is 0 Å². The molecule has 11 heteroatoms. The Hall–Kier alpha value is -1.50. The Morgan fingerprint density at radius 2 is 1.93 bits per heavy atom. The second kappa shape index (κ2) is 11.5. The highest BCUT2D eigenvalue weighted by Crippen LogP contribution is 2.30. The van der Waals surface area contributed by atoms with Gasteiger partial charge in [-0.2, -0.15) is 13.2 Å². The van der Waals surface area contributed by atoms with Gasteiger partial charge >= 0.3 is 6.18 Å². The van der Waals surface area contributed by atoms with E-state index in [-0.39, 0.29) is 48.9 Å². The lowest BCUT2D eigenvalue weighted by molar-refractivity contribution is -0.140. The third kappa shape index (κ3) is 7.86. The van der Waals surface area contributed by atoms with Gasteiger partial charge < -0.3 is 10.6 Å². The van der Waals surface area contributed by atoms with Gasteiger partial charge in [0.05, 0.1) is 5.01 Å². The third-order valence-corrected chi connectivity index (χ3v) is 4.39. The quantitative estimate of drug-likeness (QED) is 0.240. The van der Waals surface area contributed by atoms with Crippen molar-refractivity contribution in [2.24, 2.45) is 4.99 Å². The lowest BCUT2D eigenvalue weighted by atomic mass is 10.1. The van der Waals surface area contributed by atoms with Crippen molar-refractivity contribution in [1.82, 2.24) is 15.6 Å². The minimum Gasteiger partial charge on any atom is -0.357 e. The van der Waals surface area contributed by atoms with Gasteiger partial charge in [0.1, 0.15) is 11.6 Å². The molecular formula is C17H20F5IN4S. The van der Waals surface area contributed by atoms with Gasteiger partial charge in [-0.15, -0.1) is 35.3 Å². The molecule has 0 unspecified atom stereocenters. The molecule has 0 aliphatic heterocycles. The summed E-state index contributed by atoms with van der Waals surface area (Å²) in [6.07, 6.45) is -3.91. The molecule has 0 saturated carbocycles. The molecule has 0 saturated heterocycles. The molecule has 0 bridgehead atoms. The number of hydrogen-bond donors (Lipinski definition) is 2. The van der Waals surface area contributed by atoms with Crippen LogP contribution in [0, 0.1) is 11.6 Å². The molecule has 0 radical (unpaired) electrons. The van der Waals surface area contributed by atoms with Crippen molar-refractivity contribution in [1.29, 1.82) is 0 Å². The second-order valence-electron chi connectivity index (χ2n) is 5.55. The predicted molar refractivity (Wildman–Crippen MR) is 110 cm³/mol. The van der Waals surface area contributed by atoms with Gasteiger partial charge in [0.25, 0.3) is 0 Å². The number of halogens is 6. The maximum Gasteiger partial charge on any atom is 0.434 e. The first kappa shape index (κ1) is 24.5. The van der Waals surface area contributed by atoms with E-state index in [0.29, 0.717) is 24.1 Å². The summed E-state index contributed by atoms with van der Waals surface area (Å²) in [6.45, 7) is 3.01. The van der Waals surface area contributed by atoms with Crippen molar-refractivity contribution in [3.8, 4) is 0 Å². The Labute approximate surface area is 180 Å². The van der Waals surface area contributed by atoms with Gasteiger partial charge in [0, 0.05) is 31.4 Å². The van der Waals surface area contributed by atoms with Crippen molar-refractivity contribution in [3.05, 3.63) is 51.5 Å². The molecule has 4 nitrogen and oxygen atoms in total. The zero-order valence-electron chi connectivity index (χ0n) is 14.9. The number of benzene rings is 1. The molecule has 156 valence electrons. The van der Waals surface area contributed by atoms with Gasteiger partial charge in [-0.25, -0.2) is 13.8 Å². The molecular weight excluding hydrogens is 514 g/mol. The van der Waals surface area contributed by atoms with E-state index in [9.17, 15) is 22.0 Å². The van der Waals surface area contributed by atoms with Crippen LogP contribution in [0.2, 0.25) is 0 Å². The van der Waals surface area contributed by atoms with Crippen LogP contribution in [-0.4, -0.2) is 30.6 Å². The van der Waals surface area contributed by atoms with E-state index < -0.39 is 23.5 Å². The molecule has 1 heterocycles. The summed E-state index contributed by atoms with van der Waals surface area (Å²) < 4.78 is 64.3. The number of rotatable bonds is 7. The van der Waals surface area contributed by atoms with Gasteiger partial charge in [-0.05, 0) is 37.1 Å². The van der Waals surface area contributed by atoms with E-state index in [4.69, 9.17) is 0 Å². The number of alkyl halides is 3. The van der Waals surface area contributed by atoms with Crippen molar-refractivity contribution in [2.75, 3.05) is 19.6 Å². The third-order valence-electron chi connectivity index (χ3n) is 3.48. The molecule has 2 N–H and O–H groups in total. The topological polar surface area (TPSA) is 49.3 Å². The molecule has 0 aliphatic rings. The lowest BCUT2D eigenvalue weighted by Crippen LogP contribution is -2.38. The highest BCUT2D eigenvalue weighted by atomic mass is 127. The Morgan fingerprint density at radius 1 is 1.18 bits per heavy atom. The summed E-state index contributed by atoms with van der Waals surface area (Å²) in [5, 5.41) is 7.30. The van der Waals surface area contributed by atoms with Crippen LogP contribution in [0.4, 0.5) is 22.0 Å². The minimum atomic E-state index is -4.44. The Balaban J connectivity index is 0.00000392. The van der Waals surface area contributed by atoms with Crippen LogP contribution in [0.1, 0.15) is 23.2 Å². The van der Waals surface area contributed by atoms with Crippen molar-refractivity contribution in [3.63, 3.8) is 0 Å². The van der Waals surface area contributed by atoms with E-state index >= 15 is 0 Å². The Bertz CT molecular complexity index is 779. The molecule has 2 rings (SSSR count). The van der Waals surface area contributed by atoms with Crippen LogP contribution < -0.4 is 10.6 Å². The fraction of sp³-hybridized carbons (Fsp3) is 0.412. The average molecular weight is 534 g/mol. The van der Waals surface area contributed by atoms with E-state index in [1.807, 2.05) is 6.92 Å². The largest absolute Gasteiger partial charge is 0.434 e. The second-order valence-corrected chi connectivity index (χ2v) is 6.49. The Kier molecular flexibility index (Phi) is 10.1. The zero-order valence-corrected chi connectivity index (χ0v) is 18.1. The minimum absolute atomic E-state index is 0. The number of thiazole rings is 1. The maximum absolute atomic E-state index is 13.6. The van der Waals surface area contributed by atoms with Crippen molar-refractivity contribution < 1.29 is 22.0 Å². The summed E-state index contributed by atoms with van der Waals surface area (Å²) in [5.74, 6) is -0.542. The summed E-state index contributed by atoms with van der Waals surface area (Å²) >= 11 is 0.941. The molecule has 0 amide bonds. The van der Waals surface area contributed by atoms with Crippen LogP contribution in [-0.2, 0) is 19.0 Å². The fourth-order valence-corrected chi connectivity index (χ4v) is 3.01. The molecule has 0 fully saturated rings. The Morgan fingerprint density at radius 3 is 2.57 bits per heavy atom. The van der Waals surface area contributed by atoms with Gasteiger partial charge in [-0.1, -0.05) is 0 Å². The number of nitrogens with one attached hydrogen (secondary N) is 2. The summed E-state index contributed by atoms with van der Waals surface area (Å²) in [4.78, 5) is 7.81. The van der Waals surface area contributed by atoms with Gasteiger partial charge in [0.15, 0.2) is 11.7 Å². The van der Waals surface area contributed by atoms with Gasteiger partial charge in [-0.3, -0.25) is 4.99 Å². The van der Waals surface area contributed by atoms with Crippen LogP contribution >= 0.6 is 35.3 Å². The monoisotopic (exact) mass is 534 g/mol. The standard InChI is InChI=1S/C17H19F5N4S.HI/c1-2-23-16(24-7-5-11-9-12(18)3-4-13(11)19)25-8-6-15-26-14(10-27-15)17(20,21)22;/h3-4,9-10H,2,5-8H2,1H3,(H2,23,24,25);1H. The highest BCUT2D eigenvalue weighted by molar-refractivity contribution is 14.0. The number of guanidine groups is 1. The number of aliphatic imine (C=N–C) groups is 1. The van der Waals surface area contributed by atoms with E-state index in [0.717, 1.165) is 34.9 Å². The normalized spacial score (nSPS) is 11.9. The van der Waals surface area contributed by atoms with Gasteiger partial charge in [0.2, 0.25) is 0 Å². The molecule has 2 aromatic rings. The first-order valence-electron chi connectivity index (χ1n) is 8.27. The fourth-order valence-electron chi connectivity index (χ4n) is 2.21. The van der Waals surface area contributed by atoms with Crippen LogP contribution in [0.15, 0.2) is 28.6 Å². The first-order chi connectivity index (χ1) is 12.8. The number of hydrogen-bond acceptors (Lipinski definition) is 3. The van der Waals surface area contributed by atoms with Crippen LogP contribution in [0.25, 0.3) is 0 Å². The lowest BCUT2D eigenvalue weighted by Gasteiger charge is -2.11. The van der Waals surface area contributed by atoms with E-state index in [1.54, 1.807) is 0 Å². The molecule has 1 aromatic heterocycles. The summed E-state index contributed by atoms with van der Waals surface area (Å²) in [5.41, 5.74) is -0.644.